The molecule has 2 aromatic carbocycles. The Hall–Kier alpha value is -2.28. The Balaban J connectivity index is 2.12. The first kappa shape index (κ1) is 17.1. The fourth-order valence-electron chi connectivity index (χ4n) is 2.00. The first-order chi connectivity index (χ1) is 10.8. The molecule has 0 aromatic heterocycles. The monoisotopic (exact) mass is 339 g/mol. The van der Waals surface area contributed by atoms with Crippen molar-refractivity contribution in [3.05, 3.63) is 65.7 Å². The van der Waals surface area contributed by atoms with E-state index in [2.05, 4.69) is 5.32 Å². The Bertz CT molecular complexity index is 775. The SMILES string of the molecule is C[C@@H](NC(=O)c1ccc(S(=O)(=O)C(F)F)cc1)c1ccccc1. The standard InChI is InChI=1S/C16H15F2NO3S/c1-11(12-5-3-2-4-6-12)19-15(20)13-7-9-14(10-8-13)23(21,22)16(17)18/h2-11,16H,1H3,(H,19,20)/t11-/m1/s1. The fourth-order valence-corrected chi connectivity index (χ4v) is 2.73. The van der Waals surface area contributed by atoms with Gasteiger partial charge in [-0.25, -0.2) is 8.42 Å². The Morgan fingerprint density at radius 2 is 1.57 bits per heavy atom. The predicted molar refractivity (Wildman–Crippen MR) is 82.0 cm³/mol. The number of benzene rings is 2. The van der Waals surface area contributed by atoms with Gasteiger partial charge in [-0.1, -0.05) is 30.3 Å². The summed E-state index contributed by atoms with van der Waals surface area (Å²) < 4.78 is 47.6. The zero-order valence-corrected chi connectivity index (χ0v) is 13.1. The van der Waals surface area contributed by atoms with Crippen molar-refractivity contribution in [3.63, 3.8) is 0 Å². The lowest BCUT2D eigenvalue weighted by Gasteiger charge is -2.14. The van der Waals surface area contributed by atoms with Crippen LogP contribution in [-0.2, 0) is 9.84 Å². The maximum absolute atomic E-state index is 12.4. The summed E-state index contributed by atoms with van der Waals surface area (Å²) >= 11 is 0. The van der Waals surface area contributed by atoms with Gasteiger partial charge in [0, 0.05) is 5.56 Å². The number of amides is 1. The van der Waals surface area contributed by atoms with Crippen molar-refractivity contribution in [2.24, 2.45) is 0 Å². The van der Waals surface area contributed by atoms with Crippen molar-refractivity contribution in [2.45, 2.75) is 23.6 Å². The molecule has 0 aliphatic heterocycles. The number of halogens is 2. The predicted octanol–water partition coefficient (Wildman–Crippen LogP) is 3.17. The molecule has 0 aliphatic rings. The second kappa shape index (κ2) is 6.87. The highest BCUT2D eigenvalue weighted by Gasteiger charge is 2.26. The van der Waals surface area contributed by atoms with Gasteiger partial charge in [-0.2, -0.15) is 8.78 Å². The van der Waals surface area contributed by atoms with Gasteiger partial charge >= 0.3 is 5.76 Å². The molecule has 0 spiro atoms. The molecular weight excluding hydrogens is 324 g/mol. The molecule has 4 nitrogen and oxygen atoms in total. The highest BCUT2D eigenvalue weighted by molar-refractivity contribution is 7.91. The number of carbonyl (C=O) groups excluding carboxylic acids is 1. The van der Waals surface area contributed by atoms with E-state index in [1.807, 2.05) is 37.3 Å². The van der Waals surface area contributed by atoms with Gasteiger partial charge in [-0.15, -0.1) is 0 Å². The number of hydrogen-bond donors (Lipinski definition) is 1. The first-order valence-corrected chi connectivity index (χ1v) is 8.35. The molecule has 1 N–H and O–H groups in total. The number of rotatable bonds is 5. The van der Waals surface area contributed by atoms with Crippen molar-refractivity contribution < 1.29 is 22.0 Å². The smallest absolute Gasteiger partial charge is 0.341 e. The molecule has 23 heavy (non-hydrogen) atoms. The van der Waals surface area contributed by atoms with E-state index in [0.29, 0.717) is 0 Å². The van der Waals surface area contributed by atoms with E-state index in [4.69, 9.17) is 0 Å². The third kappa shape index (κ3) is 3.92. The van der Waals surface area contributed by atoms with Crippen LogP contribution in [0, 0.1) is 0 Å². The topological polar surface area (TPSA) is 63.2 Å². The quantitative estimate of drug-likeness (QED) is 0.910. The molecule has 1 amide bonds. The van der Waals surface area contributed by atoms with Crippen LogP contribution in [-0.4, -0.2) is 20.1 Å². The van der Waals surface area contributed by atoms with Gasteiger partial charge in [0.15, 0.2) is 0 Å². The van der Waals surface area contributed by atoms with E-state index in [1.165, 1.54) is 12.1 Å². The van der Waals surface area contributed by atoms with Crippen LogP contribution in [0.4, 0.5) is 8.78 Å². The Kier molecular flexibility index (Phi) is 5.10. The van der Waals surface area contributed by atoms with E-state index >= 15 is 0 Å². The average Bonchev–Trinajstić information content (AvgIpc) is 2.55. The lowest BCUT2D eigenvalue weighted by molar-refractivity contribution is 0.0940. The molecule has 2 aromatic rings. The molecule has 1 atom stereocenters. The van der Waals surface area contributed by atoms with Crippen LogP contribution in [0.2, 0.25) is 0 Å². The summed E-state index contributed by atoms with van der Waals surface area (Å²) in [4.78, 5) is 11.6. The molecule has 0 unspecified atom stereocenters. The molecule has 0 saturated heterocycles. The third-order valence-electron chi connectivity index (χ3n) is 3.33. The number of sulfone groups is 1. The van der Waals surface area contributed by atoms with Crippen molar-refractivity contribution in [1.29, 1.82) is 0 Å². The summed E-state index contributed by atoms with van der Waals surface area (Å²) in [7, 11) is -4.65. The zero-order valence-electron chi connectivity index (χ0n) is 12.2. The van der Waals surface area contributed by atoms with E-state index in [1.54, 1.807) is 0 Å². The van der Waals surface area contributed by atoms with Crippen LogP contribution in [0.15, 0.2) is 59.5 Å². The number of carbonyl (C=O) groups is 1. The molecule has 2 rings (SSSR count). The van der Waals surface area contributed by atoms with Crippen LogP contribution in [0.3, 0.4) is 0 Å². The number of hydrogen-bond acceptors (Lipinski definition) is 3. The Morgan fingerprint density at radius 3 is 2.09 bits per heavy atom. The highest BCUT2D eigenvalue weighted by Crippen LogP contribution is 2.19. The van der Waals surface area contributed by atoms with Gasteiger partial charge in [0.1, 0.15) is 0 Å². The van der Waals surface area contributed by atoms with Crippen LogP contribution in [0.5, 0.6) is 0 Å². The molecule has 0 bridgehead atoms. The fraction of sp³-hybridized carbons (Fsp3) is 0.188. The van der Waals surface area contributed by atoms with Crippen molar-refractivity contribution in [1.82, 2.24) is 5.32 Å². The zero-order chi connectivity index (χ0) is 17.0. The molecule has 0 saturated carbocycles. The third-order valence-corrected chi connectivity index (χ3v) is 4.73. The maximum atomic E-state index is 12.4. The van der Waals surface area contributed by atoms with Crippen LogP contribution in [0.1, 0.15) is 28.9 Å². The lowest BCUT2D eigenvalue weighted by atomic mass is 10.1. The summed E-state index contributed by atoms with van der Waals surface area (Å²) in [6.07, 6.45) is 0. The number of alkyl halides is 2. The van der Waals surface area contributed by atoms with E-state index < -0.39 is 26.4 Å². The minimum absolute atomic E-state index is 0.195. The van der Waals surface area contributed by atoms with Gasteiger partial charge in [-0.3, -0.25) is 4.79 Å². The second-order valence-electron chi connectivity index (χ2n) is 4.94. The minimum Gasteiger partial charge on any atom is -0.346 e. The molecular formula is C16H15F2NO3S. The van der Waals surface area contributed by atoms with Gasteiger partial charge in [0.2, 0.25) is 9.84 Å². The molecule has 7 heteroatoms. The molecule has 0 fully saturated rings. The summed E-state index contributed by atoms with van der Waals surface area (Å²) in [5.74, 6) is -3.90. The summed E-state index contributed by atoms with van der Waals surface area (Å²) in [6, 6.07) is 13.5. The van der Waals surface area contributed by atoms with E-state index in [0.717, 1.165) is 17.7 Å². The first-order valence-electron chi connectivity index (χ1n) is 6.80. The molecule has 122 valence electrons. The Labute approximate surface area is 133 Å². The molecule has 0 aliphatic carbocycles. The van der Waals surface area contributed by atoms with Crippen LogP contribution < -0.4 is 5.32 Å². The normalized spacial score (nSPS) is 12.9. The maximum Gasteiger partial charge on any atom is 0.341 e. The van der Waals surface area contributed by atoms with Gasteiger partial charge in [0.25, 0.3) is 5.91 Å². The Morgan fingerprint density at radius 1 is 1.00 bits per heavy atom. The van der Waals surface area contributed by atoms with Crippen LogP contribution in [0.25, 0.3) is 0 Å². The summed E-state index contributed by atoms with van der Waals surface area (Å²) in [5.41, 5.74) is 1.11. The summed E-state index contributed by atoms with van der Waals surface area (Å²) in [6.45, 7) is 1.81. The van der Waals surface area contributed by atoms with E-state index in [-0.39, 0.29) is 11.6 Å². The van der Waals surface area contributed by atoms with Gasteiger partial charge in [0.05, 0.1) is 10.9 Å². The molecule has 0 radical (unpaired) electrons. The second-order valence-corrected chi connectivity index (χ2v) is 6.85. The molecule has 0 heterocycles. The minimum atomic E-state index is -4.65. The van der Waals surface area contributed by atoms with E-state index in [9.17, 15) is 22.0 Å². The number of nitrogens with one attached hydrogen (secondary N) is 1. The lowest BCUT2D eigenvalue weighted by Crippen LogP contribution is -2.26. The largest absolute Gasteiger partial charge is 0.346 e. The van der Waals surface area contributed by atoms with Crippen LogP contribution >= 0.6 is 0 Å². The van der Waals surface area contributed by atoms with Crippen molar-refractivity contribution in [2.75, 3.05) is 0 Å². The van der Waals surface area contributed by atoms with Gasteiger partial charge in [-0.05, 0) is 36.8 Å². The van der Waals surface area contributed by atoms with Crippen molar-refractivity contribution >= 4 is 15.7 Å². The van der Waals surface area contributed by atoms with Crippen molar-refractivity contribution in [3.8, 4) is 0 Å². The summed E-state index contributed by atoms with van der Waals surface area (Å²) in [5, 5.41) is 2.76. The highest BCUT2D eigenvalue weighted by atomic mass is 32.2. The average molecular weight is 339 g/mol. The van der Waals surface area contributed by atoms with Gasteiger partial charge < -0.3 is 5.32 Å².